The monoisotopic (exact) mass is 316 g/mol. The molecule has 1 N–H and O–H groups in total. The highest BCUT2D eigenvalue weighted by Crippen LogP contribution is 2.28. The molecule has 0 aliphatic carbocycles. The van der Waals surface area contributed by atoms with Crippen LogP contribution in [0.3, 0.4) is 0 Å². The summed E-state index contributed by atoms with van der Waals surface area (Å²) in [5.41, 5.74) is 0.831. The van der Waals surface area contributed by atoms with Gasteiger partial charge in [0.2, 0.25) is 5.91 Å². The third-order valence-electron chi connectivity index (χ3n) is 2.63. The van der Waals surface area contributed by atoms with Gasteiger partial charge in [0, 0.05) is 17.7 Å². The smallest absolute Gasteiger partial charge is 0.250 e. The number of anilines is 1. The van der Waals surface area contributed by atoms with Gasteiger partial charge in [0.15, 0.2) is 16.6 Å². The molecule has 1 amide bonds. The molecule has 114 valence electrons. The van der Waals surface area contributed by atoms with Crippen LogP contribution in [0.5, 0.6) is 11.5 Å². The average molecular weight is 316 g/mol. The van der Waals surface area contributed by atoms with Gasteiger partial charge in [-0.1, -0.05) is 18.7 Å². The van der Waals surface area contributed by atoms with Crippen molar-refractivity contribution in [3.05, 3.63) is 54.1 Å². The summed E-state index contributed by atoms with van der Waals surface area (Å²) in [6, 6.07) is 5.43. The van der Waals surface area contributed by atoms with E-state index >= 15 is 0 Å². The molecule has 1 aromatic heterocycles. The van der Waals surface area contributed by atoms with Crippen LogP contribution in [0.25, 0.3) is 6.08 Å². The first-order valence-electron chi connectivity index (χ1n) is 6.53. The van der Waals surface area contributed by atoms with Crippen LogP contribution in [0.15, 0.2) is 48.5 Å². The number of hydrogen-bond donors (Lipinski definition) is 1. The number of aromatic nitrogens is 1. The minimum atomic E-state index is -0.235. The van der Waals surface area contributed by atoms with Crippen molar-refractivity contribution in [3.8, 4) is 11.5 Å². The van der Waals surface area contributed by atoms with E-state index in [-0.39, 0.29) is 5.91 Å². The second kappa shape index (κ2) is 7.99. The minimum Gasteiger partial charge on any atom is -0.493 e. The zero-order chi connectivity index (χ0) is 15.8. The number of thiazole rings is 1. The number of carbonyl (C=O) groups is 1. The summed E-state index contributed by atoms with van der Waals surface area (Å²) >= 11 is 1.37. The molecular formula is C16H16N2O3S. The van der Waals surface area contributed by atoms with Crippen molar-refractivity contribution in [3.63, 3.8) is 0 Å². The molecule has 0 saturated heterocycles. The lowest BCUT2D eigenvalue weighted by atomic mass is 10.2. The Morgan fingerprint density at radius 2 is 2.32 bits per heavy atom. The topological polar surface area (TPSA) is 60.5 Å². The van der Waals surface area contributed by atoms with Crippen molar-refractivity contribution in [2.24, 2.45) is 0 Å². The first-order valence-corrected chi connectivity index (χ1v) is 7.41. The number of nitrogens with zero attached hydrogens (tertiary/aromatic N) is 1. The van der Waals surface area contributed by atoms with Crippen molar-refractivity contribution in [1.82, 2.24) is 4.98 Å². The number of benzene rings is 1. The van der Waals surface area contributed by atoms with Crippen LogP contribution < -0.4 is 14.8 Å². The van der Waals surface area contributed by atoms with Gasteiger partial charge in [0.25, 0.3) is 0 Å². The van der Waals surface area contributed by atoms with Crippen LogP contribution in [0.2, 0.25) is 0 Å². The molecule has 1 aromatic carbocycles. The molecule has 0 spiro atoms. The molecular weight excluding hydrogens is 300 g/mol. The maximum Gasteiger partial charge on any atom is 0.250 e. The minimum absolute atomic E-state index is 0.235. The van der Waals surface area contributed by atoms with Crippen LogP contribution in [-0.4, -0.2) is 24.6 Å². The van der Waals surface area contributed by atoms with Crippen LogP contribution in [0.4, 0.5) is 5.13 Å². The first-order chi connectivity index (χ1) is 10.7. The Kier molecular flexibility index (Phi) is 5.73. The fourth-order valence-electron chi connectivity index (χ4n) is 1.66. The molecule has 1 heterocycles. The summed E-state index contributed by atoms with van der Waals surface area (Å²) < 4.78 is 10.7. The van der Waals surface area contributed by atoms with Gasteiger partial charge in [-0.05, 0) is 23.8 Å². The van der Waals surface area contributed by atoms with Crippen LogP contribution in [-0.2, 0) is 4.79 Å². The SMILES string of the molecule is C=CCOc1ccc(/C=C/C(=O)Nc2nccs2)cc1OC. The van der Waals surface area contributed by atoms with Gasteiger partial charge in [-0.3, -0.25) is 10.1 Å². The van der Waals surface area contributed by atoms with Crippen LogP contribution in [0.1, 0.15) is 5.56 Å². The average Bonchev–Trinajstić information content (AvgIpc) is 3.04. The highest BCUT2D eigenvalue weighted by Gasteiger charge is 2.05. The van der Waals surface area contributed by atoms with E-state index in [0.29, 0.717) is 23.2 Å². The van der Waals surface area contributed by atoms with Gasteiger partial charge in [0.05, 0.1) is 7.11 Å². The molecule has 2 rings (SSSR count). The first kappa shape index (κ1) is 15.8. The number of methoxy groups -OCH3 is 1. The Labute approximate surface area is 132 Å². The number of carbonyl (C=O) groups excluding carboxylic acids is 1. The lowest BCUT2D eigenvalue weighted by molar-refractivity contribution is -0.111. The van der Waals surface area contributed by atoms with Crippen LogP contribution in [0, 0.1) is 0 Å². The van der Waals surface area contributed by atoms with Crippen molar-refractivity contribution in [1.29, 1.82) is 0 Å². The Morgan fingerprint density at radius 3 is 3.00 bits per heavy atom. The molecule has 6 heteroatoms. The number of hydrogen-bond acceptors (Lipinski definition) is 5. The lowest BCUT2D eigenvalue weighted by Gasteiger charge is -2.09. The highest BCUT2D eigenvalue weighted by molar-refractivity contribution is 7.13. The second-order valence-electron chi connectivity index (χ2n) is 4.17. The van der Waals surface area contributed by atoms with E-state index in [0.717, 1.165) is 5.56 Å². The van der Waals surface area contributed by atoms with E-state index in [1.54, 1.807) is 43.0 Å². The second-order valence-corrected chi connectivity index (χ2v) is 5.06. The molecule has 22 heavy (non-hydrogen) atoms. The Bertz CT molecular complexity index is 666. The van der Waals surface area contributed by atoms with Gasteiger partial charge >= 0.3 is 0 Å². The van der Waals surface area contributed by atoms with Gasteiger partial charge < -0.3 is 9.47 Å². The van der Waals surface area contributed by atoms with Crippen molar-refractivity contribution >= 4 is 28.5 Å². The molecule has 0 fully saturated rings. The highest BCUT2D eigenvalue weighted by atomic mass is 32.1. The molecule has 0 radical (unpaired) electrons. The van der Waals surface area contributed by atoms with E-state index in [2.05, 4.69) is 16.9 Å². The van der Waals surface area contributed by atoms with E-state index in [1.165, 1.54) is 17.4 Å². The Balaban J connectivity index is 2.04. The molecule has 0 aliphatic rings. The normalized spacial score (nSPS) is 10.4. The van der Waals surface area contributed by atoms with Gasteiger partial charge in [-0.25, -0.2) is 4.98 Å². The number of nitrogens with one attached hydrogen (secondary N) is 1. The van der Waals surface area contributed by atoms with Crippen molar-refractivity contribution < 1.29 is 14.3 Å². The molecule has 0 bridgehead atoms. The summed E-state index contributed by atoms with van der Waals surface area (Å²) in [4.78, 5) is 15.7. The van der Waals surface area contributed by atoms with Gasteiger partial charge in [-0.15, -0.1) is 11.3 Å². The van der Waals surface area contributed by atoms with E-state index in [1.807, 2.05) is 6.07 Å². The molecule has 0 saturated carbocycles. The van der Waals surface area contributed by atoms with E-state index in [9.17, 15) is 4.79 Å². The van der Waals surface area contributed by atoms with Crippen molar-refractivity contribution in [2.75, 3.05) is 19.0 Å². The largest absolute Gasteiger partial charge is 0.493 e. The predicted octanol–water partition coefficient (Wildman–Crippen LogP) is 3.37. The Morgan fingerprint density at radius 1 is 1.45 bits per heavy atom. The third kappa shape index (κ3) is 4.46. The molecule has 5 nitrogen and oxygen atoms in total. The number of rotatable bonds is 7. The molecule has 0 unspecified atom stereocenters. The lowest BCUT2D eigenvalue weighted by Crippen LogP contribution is -2.07. The van der Waals surface area contributed by atoms with E-state index < -0.39 is 0 Å². The summed E-state index contributed by atoms with van der Waals surface area (Å²) in [6.07, 6.45) is 6.44. The maximum atomic E-state index is 11.7. The standard InChI is InChI=1S/C16H16N2O3S/c1-3-9-21-13-6-4-12(11-14(13)20-2)5-7-15(19)18-16-17-8-10-22-16/h3-8,10-11H,1,9H2,2H3,(H,17,18,19)/b7-5+. The third-order valence-corrected chi connectivity index (χ3v) is 3.32. The van der Waals surface area contributed by atoms with E-state index in [4.69, 9.17) is 9.47 Å². The molecule has 0 atom stereocenters. The number of ether oxygens (including phenoxy) is 2. The van der Waals surface area contributed by atoms with Gasteiger partial charge in [0.1, 0.15) is 6.61 Å². The van der Waals surface area contributed by atoms with Crippen molar-refractivity contribution in [2.45, 2.75) is 0 Å². The zero-order valence-electron chi connectivity index (χ0n) is 12.1. The zero-order valence-corrected chi connectivity index (χ0v) is 12.9. The fourth-order valence-corrected chi connectivity index (χ4v) is 2.19. The summed E-state index contributed by atoms with van der Waals surface area (Å²) in [6.45, 7) is 4.01. The maximum absolute atomic E-state index is 11.7. The van der Waals surface area contributed by atoms with Gasteiger partial charge in [-0.2, -0.15) is 0 Å². The quantitative estimate of drug-likeness (QED) is 0.628. The summed E-state index contributed by atoms with van der Waals surface area (Å²) in [5.74, 6) is 0.997. The molecule has 0 aliphatic heterocycles. The Hall–Kier alpha value is -2.60. The summed E-state index contributed by atoms with van der Waals surface area (Å²) in [5, 5.41) is 5.04. The summed E-state index contributed by atoms with van der Waals surface area (Å²) in [7, 11) is 1.57. The molecule has 2 aromatic rings. The fraction of sp³-hybridized carbons (Fsp3) is 0.125. The van der Waals surface area contributed by atoms with Crippen LogP contribution >= 0.6 is 11.3 Å². The number of amides is 1. The predicted molar refractivity (Wildman–Crippen MR) is 88.5 cm³/mol.